The Morgan fingerprint density at radius 2 is 1.73 bits per heavy atom. The van der Waals surface area contributed by atoms with E-state index in [1.807, 2.05) is 48.5 Å². The van der Waals surface area contributed by atoms with Crippen molar-refractivity contribution in [2.24, 2.45) is 0 Å². The first-order chi connectivity index (χ1) is 12.7. The fourth-order valence-corrected chi connectivity index (χ4v) is 2.70. The van der Waals surface area contributed by atoms with Crippen LogP contribution in [0.1, 0.15) is 15.9 Å². The number of nitrogens with zero attached hydrogens (tertiary/aromatic N) is 1. The molecule has 0 spiro atoms. The average Bonchev–Trinajstić information content (AvgIpc) is 2.72. The third-order valence-electron chi connectivity index (χ3n) is 4.05. The lowest BCUT2D eigenvalue weighted by Crippen LogP contribution is -2.34. The van der Waals surface area contributed by atoms with Crippen molar-refractivity contribution in [3.8, 4) is 11.5 Å². The zero-order valence-electron chi connectivity index (χ0n) is 14.8. The first-order valence-electron chi connectivity index (χ1n) is 8.27. The van der Waals surface area contributed by atoms with Crippen molar-refractivity contribution in [3.63, 3.8) is 0 Å². The van der Waals surface area contributed by atoms with Gasteiger partial charge in [0, 0.05) is 12.1 Å². The summed E-state index contributed by atoms with van der Waals surface area (Å²) in [7, 11) is 3.12. The lowest BCUT2D eigenvalue weighted by Gasteiger charge is -2.16. The predicted octanol–water partition coefficient (Wildman–Crippen LogP) is 3.36. The maximum atomic E-state index is 13.3. The van der Waals surface area contributed by atoms with Gasteiger partial charge in [0.25, 0.3) is 5.82 Å². The largest absolute Gasteiger partial charge is 0.497 e. The van der Waals surface area contributed by atoms with E-state index in [1.54, 1.807) is 43.5 Å². The van der Waals surface area contributed by atoms with E-state index in [0.717, 1.165) is 5.56 Å². The second kappa shape index (κ2) is 8.16. The van der Waals surface area contributed by atoms with E-state index in [1.165, 1.54) is 0 Å². The standard InChI is InChI=1S/C21H20N2O3/c1-25-17-11-12-18(19(14-17)26-2)21(24)23(20-10-6-7-13-22-20)15-16-8-4-3-5-9-16/h3-14H,15H2,1-2H3/p+1. The number of H-pyrrole nitrogens is 1. The number of hydrogen-bond donors (Lipinski definition) is 0. The van der Waals surface area contributed by atoms with E-state index >= 15 is 0 Å². The van der Waals surface area contributed by atoms with E-state index in [4.69, 9.17) is 9.47 Å². The summed E-state index contributed by atoms with van der Waals surface area (Å²) in [5.74, 6) is 1.66. The SMILES string of the molecule is COc1ccc(C(=O)N(Cc2ccccc2)c2cccc[nH+]2)c(OC)c1. The second-order valence-electron chi connectivity index (χ2n) is 5.69. The zero-order valence-corrected chi connectivity index (χ0v) is 14.8. The van der Waals surface area contributed by atoms with Crippen LogP contribution in [0.3, 0.4) is 0 Å². The van der Waals surface area contributed by atoms with E-state index in [-0.39, 0.29) is 5.91 Å². The van der Waals surface area contributed by atoms with Crippen molar-refractivity contribution in [2.45, 2.75) is 6.54 Å². The van der Waals surface area contributed by atoms with Crippen LogP contribution in [0.2, 0.25) is 0 Å². The smallest absolute Gasteiger partial charge is 0.345 e. The highest BCUT2D eigenvalue weighted by Gasteiger charge is 2.29. The number of aromatic nitrogens is 1. The summed E-state index contributed by atoms with van der Waals surface area (Å²) in [6.45, 7) is 0.440. The third-order valence-corrected chi connectivity index (χ3v) is 4.05. The highest BCUT2D eigenvalue weighted by Crippen LogP contribution is 2.27. The third kappa shape index (κ3) is 3.83. The van der Waals surface area contributed by atoms with E-state index in [9.17, 15) is 4.79 Å². The van der Waals surface area contributed by atoms with Crippen molar-refractivity contribution in [3.05, 3.63) is 84.1 Å². The van der Waals surface area contributed by atoms with Crippen molar-refractivity contribution in [1.82, 2.24) is 0 Å². The summed E-state index contributed by atoms with van der Waals surface area (Å²) >= 11 is 0. The van der Waals surface area contributed by atoms with Gasteiger partial charge in [-0.3, -0.25) is 0 Å². The Morgan fingerprint density at radius 3 is 2.38 bits per heavy atom. The molecule has 0 unspecified atom stereocenters. The molecular weight excluding hydrogens is 328 g/mol. The molecule has 0 saturated carbocycles. The molecular formula is C21H21N2O3+. The maximum Gasteiger partial charge on any atom is 0.345 e. The molecule has 0 aliphatic heterocycles. The van der Waals surface area contributed by atoms with Crippen molar-refractivity contribution in [1.29, 1.82) is 0 Å². The Morgan fingerprint density at radius 1 is 0.962 bits per heavy atom. The summed E-state index contributed by atoms with van der Waals surface area (Å²) in [4.78, 5) is 18.1. The number of anilines is 1. The Labute approximate surface area is 152 Å². The molecule has 5 heteroatoms. The fourth-order valence-electron chi connectivity index (χ4n) is 2.70. The molecule has 0 bridgehead atoms. The average molecular weight is 349 g/mol. The number of methoxy groups -OCH3 is 2. The molecule has 0 aliphatic rings. The van der Waals surface area contributed by atoms with Crippen molar-refractivity contribution in [2.75, 3.05) is 19.1 Å². The van der Waals surface area contributed by atoms with E-state index < -0.39 is 0 Å². The number of amides is 1. The second-order valence-corrected chi connectivity index (χ2v) is 5.69. The lowest BCUT2D eigenvalue weighted by atomic mass is 10.1. The molecule has 5 nitrogen and oxygen atoms in total. The number of rotatable bonds is 6. The number of carbonyl (C=O) groups is 1. The molecule has 3 rings (SSSR count). The molecule has 2 aromatic carbocycles. The zero-order chi connectivity index (χ0) is 18.4. The van der Waals surface area contributed by atoms with Crippen LogP contribution in [0, 0.1) is 0 Å². The highest BCUT2D eigenvalue weighted by molar-refractivity contribution is 6.07. The van der Waals surface area contributed by atoms with Crippen LogP contribution in [-0.4, -0.2) is 20.1 Å². The van der Waals surface area contributed by atoms with Crippen LogP contribution in [-0.2, 0) is 6.54 Å². The van der Waals surface area contributed by atoms with Gasteiger partial charge in [0.05, 0.1) is 20.4 Å². The van der Waals surface area contributed by atoms with Gasteiger partial charge in [0.15, 0.2) is 0 Å². The molecule has 0 fully saturated rings. The number of nitrogens with one attached hydrogen (secondary N) is 1. The number of hydrogen-bond acceptors (Lipinski definition) is 3. The lowest BCUT2D eigenvalue weighted by molar-refractivity contribution is -0.363. The van der Waals surface area contributed by atoms with Gasteiger partial charge in [-0.25, -0.2) is 9.78 Å². The molecule has 0 atom stereocenters. The monoisotopic (exact) mass is 349 g/mol. The molecule has 132 valence electrons. The molecule has 1 aromatic heterocycles. The number of aromatic amines is 1. The quantitative estimate of drug-likeness (QED) is 0.686. The molecule has 1 amide bonds. The molecule has 26 heavy (non-hydrogen) atoms. The van der Waals surface area contributed by atoms with Gasteiger partial charge in [-0.05, 0) is 23.8 Å². The van der Waals surface area contributed by atoms with Crippen LogP contribution in [0.5, 0.6) is 11.5 Å². The molecule has 0 aliphatic carbocycles. The summed E-state index contributed by atoms with van der Waals surface area (Å²) < 4.78 is 10.6. The Balaban J connectivity index is 2.00. The summed E-state index contributed by atoms with van der Waals surface area (Å²) in [6, 6.07) is 20.7. The minimum atomic E-state index is -0.157. The molecule has 1 heterocycles. The first-order valence-corrected chi connectivity index (χ1v) is 8.27. The minimum absolute atomic E-state index is 0.157. The topological polar surface area (TPSA) is 52.9 Å². The Kier molecular flexibility index (Phi) is 5.49. The summed E-state index contributed by atoms with van der Waals surface area (Å²) in [5.41, 5.74) is 1.51. The fraction of sp³-hybridized carbons (Fsp3) is 0.143. The van der Waals surface area contributed by atoms with Crippen LogP contribution >= 0.6 is 0 Å². The van der Waals surface area contributed by atoms with E-state index in [0.29, 0.717) is 29.4 Å². The first kappa shape index (κ1) is 17.5. The van der Waals surface area contributed by atoms with Gasteiger partial charge in [-0.1, -0.05) is 36.4 Å². The van der Waals surface area contributed by atoms with Gasteiger partial charge in [-0.2, -0.15) is 4.90 Å². The minimum Gasteiger partial charge on any atom is -0.497 e. The maximum absolute atomic E-state index is 13.3. The highest BCUT2D eigenvalue weighted by atomic mass is 16.5. The van der Waals surface area contributed by atoms with Gasteiger partial charge < -0.3 is 9.47 Å². The number of benzene rings is 2. The van der Waals surface area contributed by atoms with Gasteiger partial charge >= 0.3 is 5.91 Å². The van der Waals surface area contributed by atoms with Crippen LogP contribution in [0.15, 0.2) is 72.9 Å². The normalized spacial score (nSPS) is 10.2. The van der Waals surface area contributed by atoms with Gasteiger partial charge in [-0.15, -0.1) is 0 Å². The van der Waals surface area contributed by atoms with Crippen LogP contribution in [0.4, 0.5) is 5.82 Å². The van der Waals surface area contributed by atoms with Crippen LogP contribution in [0.25, 0.3) is 0 Å². The molecule has 1 N–H and O–H groups in total. The number of pyridine rings is 1. The van der Waals surface area contributed by atoms with Crippen molar-refractivity contribution >= 4 is 11.7 Å². The van der Waals surface area contributed by atoms with Crippen LogP contribution < -0.4 is 19.4 Å². The van der Waals surface area contributed by atoms with Crippen molar-refractivity contribution < 1.29 is 19.3 Å². The summed E-state index contributed by atoms with van der Waals surface area (Å²) in [6.07, 6.45) is 1.80. The summed E-state index contributed by atoms with van der Waals surface area (Å²) in [5, 5.41) is 0. The Bertz CT molecular complexity index is 867. The predicted molar refractivity (Wildman–Crippen MR) is 99.5 cm³/mol. The van der Waals surface area contributed by atoms with Gasteiger partial charge in [0.2, 0.25) is 0 Å². The van der Waals surface area contributed by atoms with Gasteiger partial charge in [0.1, 0.15) is 23.6 Å². The molecule has 0 radical (unpaired) electrons. The Hall–Kier alpha value is -3.34. The molecule has 0 saturated heterocycles. The molecule has 3 aromatic rings. The van der Waals surface area contributed by atoms with E-state index in [2.05, 4.69) is 4.98 Å². The number of ether oxygens (including phenoxy) is 2. The number of carbonyl (C=O) groups excluding carboxylic acids is 1.